The lowest BCUT2D eigenvalue weighted by atomic mass is 9.69. The Hall–Kier alpha value is -3.65. The van der Waals surface area contributed by atoms with Gasteiger partial charge in [-0.15, -0.1) is 5.10 Å². The Balaban J connectivity index is 1.85. The van der Waals surface area contributed by atoms with Gasteiger partial charge in [-0.25, -0.2) is 13.8 Å². The van der Waals surface area contributed by atoms with Gasteiger partial charge in [0.2, 0.25) is 0 Å². The summed E-state index contributed by atoms with van der Waals surface area (Å²) < 4.78 is 29.1. The number of nitrogens with zero attached hydrogens (tertiary/aromatic N) is 5. The zero-order valence-electron chi connectivity index (χ0n) is 23.5. The van der Waals surface area contributed by atoms with Gasteiger partial charge in [0, 0.05) is 18.0 Å². The molecule has 8 heteroatoms. The molecule has 39 heavy (non-hydrogen) atoms. The summed E-state index contributed by atoms with van der Waals surface area (Å²) in [5.41, 5.74) is 2.29. The molecule has 4 rings (SSSR count). The van der Waals surface area contributed by atoms with Gasteiger partial charge in [0.25, 0.3) is 0 Å². The third-order valence-electron chi connectivity index (χ3n) is 6.77. The van der Waals surface area contributed by atoms with Crippen LogP contribution in [-0.4, -0.2) is 30.3 Å². The van der Waals surface area contributed by atoms with Gasteiger partial charge < -0.3 is 5.11 Å². The third kappa shape index (κ3) is 6.01. The molecule has 0 amide bonds. The summed E-state index contributed by atoms with van der Waals surface area (Å²) in [5.74, 6) is -1.36. The highest BCUT2D eigenvalue weighted by molar-refractivity contribution is 5.62. The lowest BCUT2D eigenvalue weighted by Crippen LogP contribution is -2.33. The van der Waals surface area contributed by atoms with E-state index >= 15 is 0 Å². The SMILES string of the molecule is CCc1cc(-c2c(F)cccc2F)nnc1[C@@](C)(CC(C)(C)C)c1cncc(-c2ccc(C(C)(C)O)nc2)n1. The number of halogens is 2. The summed E-state index contributed by atoms with van der Waals surface area (Å²) in [6.45, 7) is 13.8. The number of aryl methyl sites for hydroxylation is 1. The minimum absolute atomic E-state index is 0.120. The van der Waals surface area contributed by atoms with Gasteiger partial charge in [0.1, 0.15) is 17.2 Å². The first-order valence-corrected chi connectivity index (χ1v) is 13.1. The van der Waals surface area contributed by atoms with Crippen molar-refractivity contribution in [1.82, 2.24) is 25.1 Å². The number of aromatic nitrogens is 5. The van der Waals surface area contributed by atoms with E-state index in [-0.39, 0.29) is 16.7 Å². The standard InChI is InChI=1S/C31H35F2N5O/c1-8-19-14-23(27-21(32)10-9-11-22(27)33)37-38-28(19)31(7,18-29(2,3)4)26-17-34-16-24(36-26)20-12-13-25(35-15-20)30(5,6)39/h9-17,39H,8,18H2,1-7H3/t31-/m0/s1. The molecule has 0 aliphatic carbocycles. The van der Waals surface area contributed by atoms with Gasteiger partial charge in [0.15, 0.2) is 0 Å². The Morgan fingerprint density at radius 3 is 2.08 bits per heavy atom. The minimum atomic E-state index is -1.05. The van der Waals surface area contributed by atoms with E-state index in [0.717, 1.165) is 11.1 Å². The summed E-state index contributed by atoms with van der Waals surface area (Å²) in [6.07, 6.45) is 6.35. The fourth-order valence-corrected chi connectivity index (χ4v) is 5.06. The molecule has 1 N–H and O–H groups in total. The second kappa shape index (κ2) is 10.5. The van der Waals surface area contributed by atoms with E-state index in [1.807, 2.05) is 13.0 Å². The van der Waals surface area contributed by atoms with Gasteiger partial charge in [-0.1, -0.05) is 33.8 Å². The van der Waals surface area contributed by atoms with Crippen LogP contribution in [0.2, 0.25) is 0 Å². The largest absolute Gasteiger partial charge is 0.384 e. The van der Waals surface area contributed by atoms with Crippen molar-refractivity contribution in [3.05, 3.63) is 89.3 Å². The zero-order chi connectivity index (χ0) is 28.6. The van der Waals surface area contributed by atoms with Gasteiger partial charge in [-0.3, -0.25) is 9.97 Å². The first-order valence-electron chi connectivity index (χ1n) is 13.1. The number of hydrogen-bond acceptors (Lipinski definition) is 6. The number of benzene rings is 1. The van der Waals surface area contributed by atoms with Crippen LogP contribution in [0, 0.1) is 17.0 Å². The van der Waals surface area contributed by atoms with Crippen molar-refractivity contribution in [3.8, 4) is 22.5 Å². The van der Waals surface area contributed by atoms with Crippen LogP contribution in [0.3, 0.4) is 0 Å². The summed E-state index contributed by atoms with van der Waals surface area (Å²) in [6, 6.07) is 9.13. The topological polar surface area (TPSA) is 84.7 Å². The minimum Gasteiger partial charge on any atom is -0.384 e. The fraction of sp³-hybridized carbons (Fsp3) is 0.387. The van der Waals surface area contributed by atoms with Crippen molar-refractivity contribution in [1.29, 1.82) is 0 Å². The highest BCUT2D eigenvalue weighted by Crippen LogP contribution is 2.42. The molecule has 1 aromatic carbocycles. The number of aliphatic hydroxyl groups is 1. The molecule has 0 aliphatic rings. The Bertz CT molecular complexity index is 1460. The molecular weight excluding hydrogens is 496 g/mol. The van der Waals surface area contributed by atoms with E-state index in [1.165, 1.54) is 18.2 Å². The van der Waals surface area contributed by atoms with Gasteiger partial charge >= 0.3 is 0 Å². The molecule has 3 heterocycles. The molecule has 0 spiro atoms. The molecule has 1 atom stereocenters. The van der Waals surface area contributed by atoms with Crippen molar-refractivity contribution < 1.29 is 13.9 Å². The predicted octanol–water partition coefficient (Wildman–Crippen LogP) is 6.81. The van der Waals surface area contributed by atoms with Crippen LogP contribution in [0.5, 0.6) is 0 Å². The Labute approximate surface area is 228 Å². The lowest BCUT2D eigenvalue weighted by Gasteiger charge is -2.35. The van der Waals surface area contributed by atoms with Crippen LogP contribution < -0.4 is 0 Å². The lowest BCUT2D eigenvalue weighted by molar-refractivity contribution is 0.0739. The van der Waals surface area contributed by atoms with E-state index in [9.17, 15) is 13.9 Å². The molecule has 4 aromatic rings. The Kier molecular flexibility index (Phi) is 7.63. The van der Waals surface area contributed by atoms with Crippen molar-refractivity contribution in [2.75, 3.05) is 0 Å². The summed E-state index contributed by atoms with van der Waals surface area (Å²) >= 11 is 0. The molecule has 0 saturated carbocycles. The molecule has 0 unspecified atom stereocenters. The molecule has 0 fully saturated rings. The molecule has 0 aliphatic heterocycles. The maximum Gasteiger partial charge on any atom is 0.135 e. The smallest absolute Gasteiger partial charge is 0.135 e. The second-order valence-electron chi connectivity index (χ2n) is 11.9. The molecule has 0 radical (unpaired) electrons. The van der Waals surface area contributed by atoms with Crippen LogP contribution in [0.15, 0.2) is 55.0 Å². The number of pyridine rings is 1. The van der Waals surface area contributed by atoms with Crippen LogP contribution in [-0.2, 0) is 17.4 Å². The summed E-state index contributed by atoms with van der Waals surface area (Å²) in [7, 11) is 0. The van der Waals surface area contributed by atoms with Crippen molar-refractivity contribution >= 4 is 0 Å². The average Bonchev–Trinajstić information content (AvgIpc) is 2.87. The maximum absolute atomic E-state index is 14.5. The van der Waals surface area contributed by atoms with E-state index < -0.39 is 22.7 Å². The highest BCUT2D eigenvalue weighted by atomic mass is 19.1. The van der Waals surface area contributed by atoms with Crippen molar-refractivity contribution in [2.24, 2.45) is 5.41 Å². The Morgan fingerprint density at radius 1 is 0.821 bits per heavy atom. The normalized spacial score (nSPS) is 13.8. The molecule has 204 valence electrons. The van der Waals surface area contributed by atoms with Gasteiger partial charge in [-0.2, -0.15) is 5.10 Å². The molecule has 3 aromatic heterocycles. The van der Waals surface area contributed by atoms with Gasteiger partial charge in [-0.05, 0) is 74.9 Å². The summed E-state index contributed by atoms with van der Waals surface area (Å²) in [5, 5.41) is 19.2. The highest BCUT2D eigenvalue weighted by Gasteiger charge is 2.39. The maximum atomic E-state index is 14.5. The summed E-state index contributed by atoms with van der Waals surface area (Å²) in [4.78, 5) is 13.9. The first-order chi connectivity index (χ1) is 18.2. The van der Waals surface area contributed by atoms with E-state index in [0.29, 0.717) is 35.6 Å². The molecule has 0 saturated heterocycles. The monoisotopic (exact) mass is 531 g/mol. The van der Waals surface area contributed by atoms with Crippen LogP contribution in [0.25, 0.3) is 22.5 Å². The van der Waals surface area contributed by atoms with Crippen LogP contribution >= 0.6 is 0 Å². The quantitative estimate of drug-likeness (QED) is 0.282. The second-order valence-corrected chi connectivity index (χ2v) is 11.9. The van der Waals surface area contributed by atoms with E-state index in [4.69, 9.17) is 4.98 Å². The molecule has 0 bridgehead atoms. The van der Waals surface area contributed by atoms with E-state index in [2.05, 4.69) is 47.9 Å². The average molecular weight is 532 g/mol. The predicted molar refractivity (Wildman–Crippen MR) is 148 cm³/mol. The first kappa shape index (κ1) is 28.4. The third-order valence-corrected chi connectivity index (χ3v) is 6.77. The Morgan fingerprint density at radius 2 is 1.51 bits per heavy atom. The number of rotatable bonds is 7. The zero-order valence-corrected chi connectivity index (χ0v) is 23.5. The van der Waals surface area contributed by atoms with Gasteiger partial charge in [0.05, 0.1) is 45.6 Å². The molecular formula is C31H35F2N5O. The number of hydrogen-bond donors (Lipinski definition) is 1. The molecule has 6 nitrogen and oxygen atoms in total. The van der Waals surface area contributed by atoms with Crippen LogP contribution in [0.4, 0.5) is 8.78 Å². The fourth-order valence-electron chi connectivity index (χ4n) is 5.06. The van der Waals surface area contributed by atoms with Crippen LogP contribution in [0.1, 0.15) is 77.5 Å². The van der Waals surface area contributed by atoms with Crippen molar-refractivity contribution in [2.45, 2.75) is 72.3 Å². The van der Waals surface area contributed by atoms with Crippen molar-refractivity contribution in [3.63, 3.8) is 0 Å². The van der Waals surface area contributed by atoms with E-state index in [1.54, 1.807) is 44.6 Å².